The molecule has 0 radical (unpaired) electrons. The lowest BCUT2D eigenvalue weighted by Crippen LogP contribution is -2.45. The molecule has 0 fully saturated rings. The fourth-order valence-corrected chi connectivity index (χ4v) is 3.29. The van der Waals surface area contributed by atoms with Crippen LogP contribution >= 0.6 is 0 Å². The van der Waals surface area contributed by atoms with Crippen LogP contribution in [0.3, 0.4) is 0 Å². The van der Waals surface area contributed by atoms with Gasteiger partial charge in [-0.1, -0.05) is 29.8 Å². The normalized spacial score (nSPS) is 16.1. The predicted octanol–water partition coefficient (Wildman–Crippen LogP) is 3.72. The minimum Gasteiger partial charge on any atom is -0.479 e. The minimum absolute atomic E-state index is 0.111. The number of aryl methyl sites for hydroxylation is 3. The third kappa shape index (κ3) is 3.57. The molecule has 5 heteroatoms. The number of esters is 1. The predicted molar refractivity (Wildman–Crippen MR) is 99.8 cm³/mol. The van der Waals surface area contributed by atoms with Gasteiger partial charge in [0.2, 0.25) is 0 Å². The van der Waals surface area contributed by atoms with Crippen molar-refractivity contribution in [3.63, 3.8) is 0 Å². The second-order valence-corrected chi connectivity index (χ2v) is 6.67. The van der Waals surface area contributed by atoms with Crippen LogP contribution in [0.1, 0.15) is 30.0 Å². The quantitative estimate of drug-likeness (QED) is 0.621. The van der Waals surface area contributed by atoms with E-state index in [0.29, 0.717) is 17.2 Å². The lowest BCUT2D eigenvalue weighted by molar-refractivity contribution is -0.134. The lowest BCUT2D eigenvalue weighted by atomic mass is 10.1. The first-order chi connectivity index (χ1) is 12.4. The number of carbonyl (C=O) groups is 2. The van der Waals surface area contributed by atoms with Gasteiger partial charge in [0.1, 0.15) is 11.5 Å². The fraction of sp³-hybridized carbons (Fsp3) is 0.333. The van der Waals surface area contributed by atoms with Gasteiger partial charge in [0, 0.05) is 6.54 Å². The van der Waals surface area contributed by atoms with Gasteiger partial charge in [-0.3, -0.25) is 9.59 Å². The molecule has 1 heterocycles. The number of nitrogens with zero attached hydrogens (tertiary/aromatic N) is 1. The van der Waals surface area contributed by atoms with Gasteiger partial charge in [-0.05, 0) is 51.0 Å². The van der Waals surface area contributed by atoms with Crippen molar-refractivity contribution in [2.45, 2.75) is 40.2 Å². The molecule has 1 atom stereocenters. The number of amides is 1. The molecule has 2 aromatic rings. The SMILES string of the molecule is Cc1cc(C)c(OC(=O)CCN2C(=O)C(C)Oc3ccccc32)c(C)c1. The van der Waals surface area contributed by atoms with Gasteiger partial charge in [0.25, 0.3) is 5.91 Å². The summed E-state index contributed by atoms with van der Waals surface area (Å²) in [5.74, 6) is 0.740. The summed E-state index contributed by atoms with van der Waals surface area (Å²) in [5, 5.41) is 0. The van der Waals surface area contributed by atoms with Gasteiger partial charge in [0.15, 0.2) is 6.10 Å². The van der Waals surface area contributed by atoms with Crippen molar-refractivity contribution in [2.75, 3.05) is 11.4 Å². The second-order valence-electron chi connectivity index (χ2n) is 6.67. The van der Waals surface area contributed by atoms with Crippen LogP contribution < -0.4 is 14.4 Å². The Morgan fingerprint density at radius 1 is 1.15 bits per heavy atom. The van der Waals surface area contributed by atoms with Crippen LogP contribution in [0.4, 0.5) is 5.69 Å². The van der Waals surface area contributed by atoms with Crippen molar-refractivity contribution in [1.29, 1.82) is 0 Å². The Labute approximate surface area is 153 Å². The van der Waals surface area contributed by atoms with E-state index in [1.165, 1.54) is 0 Å². The third-order valence-corrected chi connectivity index (χ3v) is 4.43. The zero-order valence-corrected chi connectivity index (χ0v) is 15.5. The molecule has 1 unspecified atom stereocenters. The van der Waals surface area contributed by atoms with E-state index in [1.807, 2.05) is 57.2 Å². The van der Waals surface area contributed by atoms with E-state index in [-0.39, 0.29) is 24.8 Å². The Morgan fingerprint density at radius 3 is 2.50 bits per heavy atom. The van der Waals surface area contributed by atoms with Gasteiger partial charge < -0.3 is 14.4 Å². The van der Waals surface area contributed by atoms with E-state index in [9.17, 15) is 9.59 Å². The monoisotopic (exact) mass is 353 g/mol. The highest BCUT2D eigenvalue weighted by molar-refractivity contribution is 6.00. The fourth-order valence-electron chi connectivity index (χ4n) is 3.29. The summed E-state index contributed by atoms with van der Waals surface area (Å²) >= 11 is 0. The largest absolute Gasteiger partial charge is 0.479 e. The first kappa shape index (κ1) is 18.0. The summed E-state index contributed by atoms with van der Waals surface area (Å²) in [7, 11) is 0. The number of benzene rings is 2. The van der Waals surface area contributed by atoms with E-state index < -0.39 is 6.10 Å². The van der Waals surface area contributed by atoms with Crippen LogP contribution in [0.25, 0.3) is 0 Å². The molecule has 0 saturated carbocycles. The molecule has 3 rings (SSSR count). The Morgan fingerprint density at radius 2 is 1.81 bits per heavy atom. The summed E-state index contributed by atoms with van der Waals surface area (Å²) in [4.78, 5) is 26.4. The summed E-state index contributed by atoms with van der Waals surface area (Å²) in [6.07, 6.45) is -0.456. The smallest absolute Gasteiger partial charge is 0.313 e. The van der Waals surface area contributed by atoms with Crippen molar-refractivity contribution in [1.82, 2.24) is 0 Å². The van der Waals surface area contributed by atoms with E-state index >= 15 is 0 Å². The molecule has 1 aliphatic rings. The zero-order valence-electron chi connectivity index (χ0n) is 15.5. The molecule has 2 aromatic carbocycles. The summed E-state index contributed by atoms with van der Waals surface area (Å²) in [5.41, 5.74) is 3.67. The average molecular weight is 353 g/mol. The molecule has 0 spiro atoms. The number of ether oxygens (including phenoxy) is 2. The van der Waals surface area contributed by atoms with Crippen molar-refractivity contribution in [2.24, 2.45) is 0 Å². The second kappa shape index (κ2) is 7.20. The van der Waals surface area contributed by atoms with Crippen LogP contribution in [0, 0.1) is 20.8 Å². The topological polar surface area (TPSA) is 55.8 Å². The molecule has 136 valence electrons. The van der Waals surface area contributed by atoms with Gasteiger partial charge in [-0.2, -0.15) is 0 Å². The highest BCUT2D eigenvalue weighted by Crippen LogP contribution is 2.33. The number of fused-ring (bicyclic) bond motifs is 1. The summed E-state index contributed by atoms with van der Waals surface area (Å²) in [6, 6.07) is 11.3. The maximum Gasteiger partial charge on any atom is 0.313 e. The number of hydrogen-bond acceptors (Lipinski definition) is 4. The standard InChI is InChI=1S/C21H23NO4/c1-13-11-14(2)20(15(3)12-13)26-19(23)9-10-22-17-7-5-6-8-18(17)25-16(4)21(22)24/h5-8,11-12,16H,9-10H2,1-4H3. The van der Waals surface area contributed by atoms with E-state index in [2.05, 4.69) is 0 Å². The molecule has 0 bridgehead atoms. The molecular formula is C21H23NO4. The molecule has 1 aliphatic heterocycles. The van der Waals surface area contributed by atoms with E-state index in [4.69, 9.17) is 9.47 Å². The summed E-state index contributed by atoms with van der Waals surface area (Å²) in [6.45, 7) is 7.82. The maximum atomic E-state index is 12.5. The number of para-hydroxylation sites is 2. The molecule has 0 aromatic heterocycles. The lowest BCUT2D eigenvalue weighted by Gasteiger charge is -2.32. The van der Waals surface area contributed by atoms with Gasteiger partial charge >= 0.3 is 5.97 Å². The highest BCUT2D eigenvalue weighted by atomic mass is 16.5. The van der Waals surface area contributed by atoms with Crippen LogP contribution in [0.5, 0.6) is 11.5 Å². The van der Waals surface area contributed by atoms with Crippen molar-refractivity contribution in [3.05, 3.63) is 53.1 Å². The van der Waals surface area contributed by atoms with Gasteiger partial charge in [0.05, 0.1) is 12.1 Å². The Kier molecular flexibility index (Phi) is 4.98. The Bertz CT molecular complexity index is 836. The molecule has 0 N–H and O–H groups in total. The third-order valence-electron chi connectivity index (χ3n) is 4.43. The summed E-state index contributed by atoms with van der Waals surface area (Å²) < 4.78 is 11.2. The molecule has 0 saturated heterocycles. The molecule has 1 amide bonds. The van der Waals surface area contributed by atoms with Crippen molar-refractivity contribution >= 4 is 17.6 Å². The number of carbonyl (C=O) groups excluding carboxylic acids is 2. The first-order valence-corrected chi connectivity index (χ1v) is 8.72. The minimum atomic E-state index is -0.567. The van der Waals surface area contributed by atoms with Crippen LogP contribution in [0.15, 0.2) is 36.4 Å². The Balaban J connectivity index is 1.71. The highest BCUT2D eigenvalue weighted by Gasteiger charge is 2.31. The van der Waals surface area contributed by atoms with E-state index in [0.717, 1.165) is 16.7 Å². The van der Waals surface area contributed by atoms with Crippen molar-refractivity contribution < 1.29 is 19.1 Å². The molecule has 26 heavy (non-hydrogen) atoms. The van der Waals surface area contributed by atoms with Crippen molar-refractivity contribution in [3.8, 4) is 11.5 Å². The van der Waals surface area contributed by atoms with E-state index in [1.54, 1.807) is 11.8 Å². The molecular weight excluding hydrogens is 330 g/mol. The molecule has 0 aliphatic carbocycles. The zero-order chi connectivity index (χ0) is 18.8. The van der Waals surface area contributed by atoms with Gasteiger partial charge in [-0.25, -0.2) is 0 Å². The van der Waals surface area contributed by atoms with Crippen LogP contribution in [-0.4, -0.2) is 24.5 Å². The van der Waals surface area contributed by atoms with Crippen LogP contribution in [-0.2, 0) is 9.59 Å². The first-order valence-electron chi connectivity index (χ1n) is 8.72. The number of anilines is 1. The average Bonchev–Trinajstić information content (AvgIpc) is 2.58. The molecule has 5 nitrogen and oxygen atoms in total. The van der Waals surface area contributed by atoms with Crippen LogP contribution in [0.2, 0.25) is 0 Å². The number of rotatable bonds is 4. The Hall–Kier alpha value is -2.82. The maximum absolute atomic E-state index is 12.5. The van der Waals surface area contributed by atoms with Gasteiger partial charge in [-0.15, -0.1) is 0 Å². The number of hydrogen-bond donors (Lipinski definition) is 0.